The normalized spacial score (nSPS) is 10.9. The van der Waals surface area contributed by atoms with Gasteiger partial charge >= 0.3 is 0 Å². The van der Waals surface area contributed by atoms with Crippen LogP contribution in [0.4, 0.5) is 0 Å². The molecule has 0 aliphatic rings. The van der Waals surface area contributed by atoms with Crippen molar-refractivity contribution in [1.82, 2.24) is 10.4 Å². The zero-order valence-electron chi connectivity index (χ0n) is 16.0. The zero-order valence-corrected chi connectivity index (χ0v) is 16.0. The first kappa shape index (κ1) is 19.1. The monoisotopic (exact) mass is 383 g/mol. The number of hydrazone groups is 1. The number of hydrogen-bond donors (Lipinski definition) is 2. The Labute approximate surface area is 162 Å². The van der Waals surface area contributed by atoms with Crippen LogP contribution >= 0.6 is 0 Å². The fourth-order valence-electron chi connectivity index (χ4n) is 2.74. The van der Waals surface area contributed by atoms with Crippen LogP contribution in [0.1, 0.15) is 16.1 Å². The number of hydrogen-bond acceptors (Lipinski definition) is 6. The van der Waals surface area contributed by atoms with Crippen LogP contribution in [0, 0.1) is 0 Å². The molecular formula is C20H21N3O5. The number of rotatable bonds is 7. The fourth-order valence-corrected chi connectivity index (χ4v) is 2.74. The summed E-state index contributed by atoms with van der Waals surface area (Å²) in [5, 5.41) is 4.83. The first-order chi connectivity index (χ1) is 13.6. The molecule has 0 saturated heterocycles. The van der Waals surface area contributed by atoms with Crippen LogP contribution in [0.15, 0.2) is 41.5 Å². The topological polar surface area (TPSA) is 94.2 Å². The summed E-state index contributed by atoms with van der Waals surface area (Å²) in [6, 6.07) is 10.6. The van der Waals surface area contributed by atoms with Gasteiger partial charge in [-0.1, -0.05) is 0 Å². The number of ether oxygens (including phenoxy) is 4. The molecule has 8 heteroatoms. The van der Waals surface area contributed by atoms with Crippen LogP contribution in [0.3, 0.4) is 0 Å². The number of fused-ring (bicyclic) bond motifs is 1. The van der Waals surface area contributed by atoms with Crippen LogP contribution < -0.4 is 24.4 Å². The Morgan fingerprint density at radius 2 is 1.64 bits per heavy atom. The van der Waals surface area contributed by atoms with Gasteiger partial charge in [-0.25, -0.2) is 5.43 Å². The van der Waals surface area contributed by atoms with Crippen molar-refractivity contribution in [3.05, 3.63) is 47.7 Å². The third-order valence-corrected chi connectivity index (χ3v) is 4.18. The molecule has 0 saturated carbocycles. The molecule has 2 N–H and O–H groups in total. The number of aromatic amines is 1. The SMILES string of the molecule is COc1ccc(OC)c(C=NNC(=O)c2cc3cc(OC)c(OC)cc3[nH]2)c1. The van der Waals surface area contributed by atoms with Crippen LogP contribution in [0.2, 0.25) is 0 Å². The lowest BCUT2D eigenvalue weighted by atomic mass is 10.2. The van der Waals surface area contributed by atoms with E-state index in [0.717, 1.165) is 10.9 Å². The van der Waals surface area contributed by atoms with E-state index in [1.807, 2.05) is 0 Å². The lowest BCUT2D eigenvalue weighted by Gasteiger charge is -2.06. The maximum Gasteiger partial charge on any atom is 0.287 e. The fraction of sp³-hybridized carbons (Fsp3) is 0.200. The highest BCUT2D eigenvalue weighted by Crippen LogP contribution is 2.32. The minimum atomic E-state index is -0.382. The maximum absolute atomic E-state index is 12.4. The highest BCUT2D eigenvalue weighted by atomic mass is 16.5. The van der Waals surface area contributed by atoms with Gasteiger partial charge in [-0.3, -0.25) is 4.79 Å². The van der Waals surface area contributed by atoms with Crippen molar-refractivity contribution in [2.24, 2.45) is 5.10 Å². The van der Waals surface area contributed by atoms with Gasteiger partial charge in [-0.15, -0.1) is 0 Å². The number of nitrogens with one attached hydrogen (secondary N) is 2. The van der Waals surface area contributed by atoms with Crippen molar-refractivity contribution in [2.45, 2.75) is 0 Å². The molecule has 1 amide bonds. The van der Waals surface area contributed by atoms with E-state index in [1.54, 1.807) is 64.8 Å². The molecule has 1 aromatic heterocycles. The molecule has 1 heterocycles. The second-order valence-electron chi connectivity index (χ2n) is 5.78. The van der Waals surface area contributed by atoms with E-state index in [9.17, 15) is 4.79 Å². The molecule has 0 unspecified atom stereocenters. The van der Waals surface area contributed by atoms with Gasteiger partial charge in [-0.2, -0.15) is 5.10 Å². The molecule has 146 valence electrons. The van der Waals surface area contributed by atoms with E-state index < -0.39 is 0 Å². The Balaban J connectivity index is 1.79. The summed E-state index contributed by atoms with van der Waals surface area (Å²) in [4.78, 5) is 15.5. The van der Waals surface area contributed by atoms with Crippen molar-refractivity contribution in [3.8, 4) is 23.0 Å². The highest BCUT2D eigenvalue weighted by molar-refractivity contribution is 5.99. The van der Waals surface area contributed by atoms with Crippen LogP contribution in [-0.2, 0) is 0 Å². The minimum Gasteiger partial charge on any atom is -0.497 e. The number of aromatic nitrogens is 1. The first-order valence-electron chi connectivity index (χ1n) is 8.39. The average molecular weight is 383 g/mol. The number of nitrogens with zero attached hydrogens (tertiary/aromatic N) is 1. The van der Waals surface area contributed by atoms with Crippen molar-refractivity contribution in [1.29, 1.82) is 0 Å². The number of benzene rings is 2. The summed E-state index contributed by atoms with van der Waals surface area (Å²) >= 11 is 0. The maximum atomic E-state index is 12.4. The second-order valence-corrected chi connectivity index (χ2v) is 5.78. The number of carbonyl (C=O) groups excluding carboxylic acids is 1. The van der Waals surface area contributed by atoms with Gasteiger partial charge in [0, 0.05) is 22.5 Å². The van der Waals surface area contributed by atoms with E-state index in [4.69, 9.17) is 18.9 Å². The molecule has 0 radical (unpaired) electrons. The molecule has 0 aliphatic heterocycles. The Morgan fingerprint density at radius 3 is 2.32 bits per heavy atom. The number of carbonyl (C=O) groups is 1. The quantitative estimate of drug-likeness (QED) is 0.483. The van der Waals surface area contributed by atoms with Crippen LogP contribution in [-0.4, -0.2) is 45.5 Å². The molecule has 0 fully saturated rings. The second kappa shape index (κ2) is 8.34. The van der Waals surface area contributed by atoms with Gasteiger partial charge in [0.1, 0.15) is 17.2 Å². The zero-order chi connectivity index (χ0) is 20.1. The standard InChI is InChI=1S/C20H21N3O5/c1-25-14-5-6-17(26-2)13(7-14)11-21-23-20(24)16-8-12-9-18(27-3)19(28-4)10-15(12)22-16/h5-11,22H,1-4H3,(H,23,24). The summed E-state index contributed by atoms with van der Waals surface area (Å²) in [5.74, 6) is 2.05. The molecule has 28 heavy (non-hydrogen) atoms. The highest BCUT2D eigenvalue weighted by Gasteiger charge is 2.12. The molecule has 0 aliphatic carbocycles. The lowest BCUT2D eigenvalue weighted by molar-refractivity contribution is 0.0951. The van der Waals surface area contributed by atoms with Crippen molar-refractivity contribution in [2.75, 3.05) is 28.4 Å². The van der Waals surface area contributed by atoms with Gasteiger partial charge in [0.05, 0.1) is 34.7 Å². The first-order valence-corrected chi connectivity index (χ1v) is 8.39. The lowest BCUT2D eigenvalue weighted by Crippen LogP contribution is -2.17. The molecule has 0 bridgehead atoms. The van der Waals surface area contributed by atoms with E-state index in [0.29, 0.717) is 34.3 Å². The van der Waals surface area contributed by atoms with Gasteiger partial charge < -0.3 is 23.9 Å². The summed E-state index contributed by atoms with van der Waals surface area (Å²) in [6.07, 6.45) is 1.49. The van der Waals surface area contributed by atoms with Crippen molar-refractivity contribution < 1.29 is 23.7 Å². The Morgan fingerprint density at radius 1 is 0.929 bits per heavy atom. The smallest absolute Gasteiger partial charge is 0.287 e. The summed E-state index contributed by atoms with van der Waals surface area (Å²) < 4.78 is 21.0. The molecule has 3 aromatic rings. The summed E-state index contributed by atoms with van der Waals surface area (Å²) in [6.45, 7) is 0. The number of H-pyrrole nitrogens is 1. The molecule has 2 aromatic carbocycles. The molecular weight excluding hydrogens is 362 g/mol. The Bertz CT molecular complexity index is 985. The van der Waals surface area contributed by atoms with E-state index >= 15 is 0 Å². The van der Waals surface area contributed by atoms with Gasteiger partial charge in [-0.05, 0) is 30.3 Å². The van der Waals surface area contributed by atoms with Crippen LogP contribution in [0.5, 0.6) is 23.0 Å². The Kier molecular flexibility index (Phi) is 5.69. The predicted octanol–water partition coefficient (Wildman–Crippen LogP) is 2.97. The number of methoxy groups -OCH3 is 4. The van der Waals surface area contributed by atoms with Gasteiger partial charge in [0.2, 0.25) is 0 Å². The van der Waals surface area contributed by atoms with Gasteiger partial charge in [0.15, 0.2) is 11.5 Å². The number of amides is 1. The summed E-state index contributed by atoms with van der Waals surface area (Å²) in [7, 11) is 6.25. The molecule has 0 spiro atoms. The van der Waals surface area contributed by atoms with Crippen LogP contribution in [0.25, 0.3) is 10.9 Å². The third kappa shape index (κ3) is 3.85. The van der Waals surface area contributed by atoms with Crippen molar-refractivity contribution >= 4 is 23.0 Å². The Hall–Kier alpha value is -3.68. The minimum absolute atomic E-state index is 0.361. The molecule has 0 atom stereocenters. The van der Waals surface area contributed by atoms with Gasteiger partial charge in [0.25, 0.3) is 5.91 Å². The molecule has 3 rings (SSSR count). The largest absolute Gasteiger partial charge is 0.497 e. The summed E-state index contributed by atoms with van der Waals surface area (Å²) in [5.41, 5.74) is 4.28. The third-order valence-electron chi connectivity index (χ3n) is 4.18. The van der Waals surface area contributed by atoms with E-state index in [1.165, 1.54) is 6.21 Å². The van der Waals surface area contributed by atoms with Crippen molar-refractivity contribution in [3.63, 3.8) is 0 Å². The average Bonchev–Trinajstić information content (AvgIpc) is 3.15. The van der Waals surface area contributed by atoms with E-state index in [-0.39, 0.29) is 5.91 Å². The molecule has 8 nitrogen and oxygen atoms in total. The van der Waals surface area contributed by atoms with E-state index in [2.05, 4.69) is 15.5 Å². The predicted molar refractivity (Wildman–Crippen MR) is 106 cm³/mol.